The van der Waals surface area contributed by atoms with E-state index in [0.717, 1.165) is 52.0 Å². The number of amides is 1. The summed E-state index contributed by atoms with van der Waals surface area (Å²) >= 11 is 0. The summed E-state index contributed by atoms with van der Waals surface area (Å²) in [4.78, 5) is 13.4. The van der Waals surface area contributed by atoms with Gasteiger partial charge in [0.2, 0.25) is 5.91 Å². The number of likely N-dealkylation sites (tertiary alicyclic amines) is 1. The fraction of sp³-hybridized carbons (Fsp3) is 0.909. The highest BCUT2D eigenvalue weighted by Crippen LogP contribution is 2.22. The van der Waals surface area contributed by atoms with Gasteiger partial charge in [-0.3, -0.25) is 10.5 Å². The Kier molecular flexibility index (Phi) is 3.59. The zero-order chi connectivity index (χ0) is 10.7. The zero-order valence-electron chi connectivity index (χ0n) is 9.08. The Hall–Kier alpha value is -0.610. The first kappa shape index (κ1) is 10.9. The second-order valence-corrected chi connectivity index (χ2v) is 4.52. The van der Waals surface area contributed by atoms with Crippen LogP contribution in [0.15, 0.2) is 0 Å². The fourth-order valence-corrected chi connectivity index (χ4v) is 2.58. The van der Waals surface area contributed by atoms with Crippen LogP contribution in [0.2, 0.25) is 0 Å². The van der Waals surface area contributed by atoms with Gasteiger partial charge in [-0.25, -0.2) is 0 Å². The third-order valence-electron chi connectivity index (χ3n) is 3.61. The number of hydrogen-bond donors (Lipinski definition) is 0. The monoisotopic (exact) mass is 211 g/mol. The van der Waals surface area contributed by atoms with E-state index in [1.54, 1.807) is 0 Å². The SMILES string of the molecule is [NH]C(=O)C1CCN(C2CCOCC2)CC1. The van der Waals surface area contributed by atoms with E-state index in [2.05, 4.69) is 4.90 Å². The molecule has 2 aliphatic heterocycles. The summed E-state index contributed by atoms with van der Waals surface area (Å²) in [5.41, 5.74) is 7.10. The first-order chi connectivity index (χ1) is 7.27. The van der Waals surface area contributed by atoms with Crippen molar-refractivity contribution < 1.29 is 9.53 Å². The average Bonchev–Trinajstić information content (AvgIpc) is 2.30. The van der Waals surface area contributed by atoms with Crippen LogP contribution in [0.3, 0.4) is 0 Å². The molecule has 2 heterocycles. The molecule has 0 aromatic rings. The molecule has 2 rings (SSSR count). The largest absolute Gasteiger partial charge is 0.381 e. The molecule has 2 saturated heterocycles. The van der Waals surface area contributed by atoms with Gasteiger partial charge in [0.05, 0.1) is 0 Å². The predicted molar refractivity (Wildman–Crippen MR) is 56.2 cm³/mol. The molecule has 0 aromatic heterocycles. The topological polar surface area (TPSA) is 53.3 Å². The lowest BCUT2D eigenvalue weighted by molar-refractivity contribution is -0.124. The van der Waals surface area contributed by atoms with Gasteiger partial charge >= 0.3 is 0 Å². The summed E-state index contributed by atoms with van der Waals surface area (Å²) in [7, 11) is 0. The standard InChI is InChI=1S/C11H19N2O2/c12-11(14)9-1-5-13(6-2-9)10-3-7-15-8-4-10/h9-10,12H,1-8H2. The Morgan fingerprint density at radius 3 is 2.27 bits per heavy atom. The van der Waals surface area contributed by atoms with Crippen molar-refractivity contribution in [3.05, 3.63) is 0 Å². The smallest absolute Gasteiger partial charge is 0.241 e. The van der Waals surface area contributed by atoms with Gasteiger partial charge in [-0.2, -0.15) is 0 Å². The quantitative estimate of drug-likeness (QED) is 0.675. The molecule has 2 aliphatic rings. The van der Waals surface area contributed by atoms with Crippen molar-refractivity contribution in [1.29, 1.82) is 0 Å². The van der Waals surface area contributed by atoms with E-state index in [1.807, 2.05) is 0 Å². The molecule has 85 valence electrons. The van der Waals surface area contributed by atoms with Crippen molar-refractivity contribution in [2.45, 2.75) is 31.7 Å². The highest BCUT2D eigenvalue weighted by atomic mass is 16.5. The normalized spacial score (nSPS) is 26.7. The molecule has 0 unspecified atom stereocenters. The molecule has 4 nitrogen and oxygen atoms in total. The fourth-order valence-electron chi connectivity index (χ4n) is 2.58. The van der Waals surface area contributed by atoms with E-state index in [4.69, 9.17) is 10.5 Å². The van der Waals surface area contributed by atoms with Crippen LogP contribution in [0.4, 0.5) is 0 Å². The molecule has 0 saturated carbocycles. The highest BCUT2D eigenvalue weighted by molar-refractivity contribution is 5.75. The minimum atomic E-state index is -0.373. The molecule has 0 atom stereocenters. The number of ether oxygens (including phenoxy) is 1. The van der Waals surface area contributed by atoms with Crippen LogP contribution < -0.4 is 5.73 Å². The molecule has 1 N–H and O–H groups in total. The number of hydrogen-bond acceptors (Lipinski definition) is 3. The van der Waals surface area contributed by atoms with Crippen LogP contribution in [0.1, 0.15) is 25.7 Å². The van der Waals surface area contributed by atoms with E-state index < -0.39 is 0 Å². The molecule has 0 bridgehead atoms. The van der Waals surface area contributed by atoms with Crippen LogP contribution in [0, 0.1) is 5.92 Å². The van der Waals surface area contributed by atoms with E-state index in [9.17, 15) is 4.79 Å². The molecule has 4 heteroatoms. The summed E-state index contributed by atoms with van der Waals surface area (Å²) < 4.78 is 5.34. The summed E-state index contributed by atoms with van der Waals surface area (Å²) in [5.74, 6) is -0.372. The third kappa shape index (κ3) is 2.69. The predicted octanol–water partition coefficient (Wildman–Crippen LogP) is 0.687. The summed E-state index contributed by atoms with van der Waals surface area (Å²) in [6.07, 6.45) is 4.00. The number of nitrogens with zero attached hydrogens (tertiary/aromatic N) is 1. The zero-order valence-corrected chi connectivity index (χ0v) is 9.08. The van der Waals surface area contributed by atoms with Crippen molar-refractivity contribution in [2.24, 2.45) is 5.92 Å². The van der Waals surface area contributed by atoms with Crippen LogP contribution in [0.25, 0.3) is 0 Å². The first-order valence-electron chi connectivity index (χ1n) is 5.84. The number of piperidine rings is 1. The van der Waals surface area contributed by atoms with Gasteiger partial charge in [-0.1, -0.05) is 0 Å². The molecule has 0 aromatic carbocycles. The Morgan fingerprint density at radius 1 is 1.13 bits per heavy atom. The van der Waals surface area contributed by atoms with E-state index >= 15 is 0 Å². The van der Waals surface area contributed by atoms with Gasteiger partial charge < -0.3 is 9.64 Å². The Bertz CT molecular complexity index is 219. The Morgan fingerprint density at radius 2 is 1.73 bits per heavy atom. The maximum atomic E-state index is 10.9. The maximum Gasteiger partial charge on any atom is 0.241 e. The lowest BCUT2D eigenvalue weighted by atomic mass is 9.94. The van der Waals surface area contributed by atoms with Crippen molar-refractivity contribution >= 4 is 5.91 Å². The minimum Gasteiger partial charge on any atom is -0.381 e. The van der Waals surface area contributed by atoms with E-state index in [-0.39, 0.29) is 11.8 Å². The van der Waals surface area contributed by atoms with Gasteiger partial charge in [0.15, 0.2) is 0 Å². The van der Waals surface area contributed by atoms with Crippen molar-refractivity contribution in [2.75, 3.05) is 26.3 Å². The van der Waals surface area contributed by atoms with Crippen LogP contribution in [-0.4, -0.2) is 43.2 Å². The molecule has 0 spiro atoms. The third-order valence-corrected chi connectivity index (χ3v) is 3.61. The number of carbonyl (C=O) groups excluding carboxylic acids is 1. The van der Waals surface area contributed by atoms with Crippen molar-refractivity contribution in [3.63, 3.8) is 0 Å². The van der Waals surface area contributed by atoms with Gasteiger partial charge in [-0.15, -0.1) is 0 Å². The molecule has 1 amide bonds. The summed E-state index contributed by atoms with van der Waals surface area (Å²) in [6, 6.07) is 0.653. The lowest BCUT2D eigenvalue weighted by Gasteiger charge is -2.38. The molecular formula is C11H19N2O2. The van der Waals surface area contributed by atoms with Gasteiger partial charge in [0.1, 0.15) is 0 Å². The summed E-state index contributed by atoms with van der Waals surface area (Å²) in [6.45, 7) is 3.73. The second kappa shape index (κ2) is 4.94. The van der Waals surface area contributed by atoms with Crippen LogP contribution >= 0.6 is 0 Å². The number of nitrogens with one attached hydrogen (secondary N) is 1. The highest BCUT2D eigenvalue weighted by Gasteiger charge is 2.28. The van der Waals surface area contributed by atoms with E-state index in [0.29, 0.717) is 6.04 Å². The molecule has 1 radical (unpaired) electrons. The van der Waals surface area contributed by atoms with Gasteiger partial charge in [0.25, 0.3) is 0 Å². The van der Waals surface area contributed by atoms with Crippen LogP contribution in [0.5, 0.6) is 0 Å². The number of rotatable bonds is 2. The van der Waals surface area contributed by atoms with Gasteiger partial charge in [0, 0.05) is 25.2 Å². The Balaban J connectivity index is 1.79. The molecule has 0 aliphatic carbocycles. The Labute approximate surface area is 90.8 Å². The molecule has 15 heavy (non-hydrogen) atoms. The van der Waals surface area contributed by atoms with Crippen molar-refractivity contribution in [3.8, 4) is 0 Å². The van der Waals surface area contributed by atoms with Crippen LogP contribution in [-0.2, 0) is 9.53 Å². The first-order valence-corrected chi connectivity index (χ1v) is 5.84. The maximum absolute atomic E-state index is 10.9. The average molecular weight is 211 g/mol. The number of carbonyl (C=O) groups is 1. The molecular weight excluding hydrogens is 192 g/mol. The minimum absolute atomic E-state index is 0.00101. The van der Waals surface area contributed by atoms with Crippen molar-refractivity contribution in [1.82, 2.24) is 10.6 Å². The summed E-state index contributed by atoms with van der Waals surface area (Å²) in [5, 5.41) is 0. The molecule has 2 fully saturated rings. The second-order valence-electron chi connectivity index (χ2n) is 4.52. The van der Waals surface area contributed by atoms with E-state index in [1.165, 1.54) is 0 Å². The van der Waals surface area contributed by atoms with Gasteiger partial charge in [-0.05, 0) is 38.8 Å². The lowest BCUT2D eigenvalue weighted by Crippen LogP contribution is -2.45.